The molecule has 1 aliphatic heterocycles. The molecule has 1 aromatic carbocycles. The van der Waals surface area contributed by atoms with Crippen LogP contribution in [0.1, 0.15) is 30.8 Å². The average Bonchev–Trinajstić information content (AvgIpc) is 2.99. The number of rotatable bonds is 5. The summed E-state index contributed by atoms with van der Waals surface area (Å²) in [7, 11) is 0. The number of nitrogens with zero attached hydrogens (tertiary/aromatic N) is 2. The summed E-state index contributed by atoms with van der Waals surface area (Å²) in [5.74, 6) is -0.399. The largest absolute Gasteiger partial charge is 0.573 e. The number of nitrogens with one attached hydrogen (secondary N) is 2. The van der Waals surface area contributed by atoms with E-state index in [4.69, 9.17) is 0 Å². The van der Waals surface area contributed by atoms with Crippen LogP contribution in [0.2, 0.25) is 0 Å². The average molecular weight is 382 g/mol. The first-order valence-corrected chi connectivity index (χ1v) is 8.61. The third-order valence-corrected chi connectivity index (χ3v) is 4.25. The summed E-state index contributed by atoms with van der Waals surface area (Å²) in [4.78, 5) is 21.9. The normalized spacial score (nSPS) is 17.6. The molecule has 0 fully saturated rings. The van der Waals surface area contributed by atoms with Crippen molar-refractivity contribution in [1.29, 1.82) is 0 Å². The van der Waals surface area contributed by atoms with Crippen molar-refractivity contribution in [1.82, 2.24) is 20.2 Å². The zero-order valence-electron chi connectivity index (χ0n) is 15.0. The van der Waals surface area contributed by atoms with Gasteiger partial charge in [-0.25, -0.2) is 4.98 Å². The number of hydrogen-bond acceptors (Lipinski definition) is 4. The summed E-state index contributed by atoms with van der Waals surface area (Å²) < 4.78 is 41.4. The molecule has 1 atom stereocenters. The minimum atomic E-state index is -4.74. The summed E-state index contributed by atoms with van der Waals surface area (Å²) in [6, 6.07) is 5.35. The van der Waals surface area contributed by atoms with Crippen LogP contribution in [-0.2, 0) is 24.3 Å². The number of halogens is 3. The summed E-state index contributed by atoms with van der Waals surface area (Å²) in [5, 5.41) is 2.90. The van der Waals surface area contributed by atoms with E-state index in [9.17, 15) is 18.0 Å². The molecule has 146 valence electrons. The molecule has 1 aromatic heterocycles. The minimum absolute atomic E-state index is 0.0107. The fourth-order valence-corrected chi connectivity index (χ4v) is 3.17. The van der Waals surface area contributed by atoms with E-state index in [0.29, 0.717) is 25.1 Å². The second kappa shape index (κ2) is 7.59. The molecule has 1 amide bonds. The molecular formula is C18H21F3N4O2. The van der Waals surface area contributed by atoms with Crippen LogP contribution in [0.4, 0.5) is 13.2 Å². The number of aromatic amines is 1. The van der Waals surface area contributed by atoms with Crippen LogP contribution in [0.5, 0.6) is 5.75 Å². The Morgan fingerprint density at radius 3 is 2.93 bits per heavy atom. The van der Waals surface area contributed by atoms with Gasteiger partial charge in [0.25, 0.3) is 0 Å². The standard InChI is InChI=1S/C18H21F3N4O2/c1-11(2)24-17(26)16-7-14-15(23-10-22-14)9-25(16)8-12-4-3-5-13(6-12)27-18(19,20)21/h3-6,10-11,16H,7-9H2,1-2H3,(H,22,23)(H,24,26)/t16-/m0/s1. The SMILES string of the molecule is CC(C)NC(=O)[C@@H]1Cc2nc[nH]c2CN1Cc1cccc(OC(F)(F)F)c1. The number of aromatic nitrogens is 2. The summed E-state index contributed by atoms with van der Waals surface area (Å²) >= 11 is 0. The highest BCUT2D eigenvalue weighted by Crippen LogP contribution is 2.26. The van der Waals surface area contributed by atoms with Crippen molar-refractivity contribution in [2.75, 3.05) is 0 Å². The Morgan fingerprint density at radius 2 is 2.22 bits per heavy atom. The number of fused-ring (bicyclic) bond motifs is 1. The van der Waals surface area contributed by atoms with Gasteiger partial charge in [0.15, 0.2) is 0 Å². The van der Waals surface area contributed by atoms with Gasteiger partial charge in [0.1, 0.15) is 5.75 Å². The monoisotopic (exact) mass is 382 g/mol. The second-order valence-electron chi connectivity index (χ2n) is 6.81. The number of alkyl halides is 3. The van der Waals surface area contributed by atoms with Crippen LogP contribution in [0.15, 0.2) is 30.6 Å². The van der Waals surface area contributed by atoms with Gasteiger partial charge in [-0.3, -0.25) is 9.69 Å². The Balaban J connectivity index is 1.80. The fourth-order valence-electron chi connectivity index (χ4n) is 3.17. The highest BCUT2D eigenvalue weighted by Gasteiger charge is 2.34. The highest BCUT2D eigenvalue weighted by molar-refractivity contribution is 5.82. The van der Waals surface area contributed by atoms with Crippen LogP contribution >= 0.6 is 0 Å². The number of carbonyl (C=O) groups excluding carboxylic acids is 1. The van der Waals surface area contributed by atoms with Crippen molar-refractivity contribution in [2.45, 2.75) is 51.8 Å². The van der Waals surface area contributed by atoms with E-state index in [1.165, 1.54) is 18.2 Å². The molecule has 6 nitrogen and oxygen atoms in total. The zero-order valence-corrected chi connectivity index (χ0v) is 15.0. The molecule has 2 heterocycles. The third kappa shape index (κ3) is 5.00. The van der Waals surface area contributed by atoms with E-state index in [1.807, 2.05) is 18.7 Å². The first-order chi connectivity index (χ1) is 12.7. The smallest absolute Gasteiger partial charge is 0.406 e. The fraction of sp³-hybridized carbons (Fsp3) is 0.444. The van der Waals surface area contributed by atoms with Gasteiger partial charge >= 0.3 is 6.36 Å². The van der Waals surface area contributed by atoms with Crippen molar-refractivity contribution < 1.29 is 22.7 Å². The van der Waals surface area contributed by atoms with Gasteiger partial charge in [-0.2, -0.15) is 0 Å². The van der Waals surface area contributed by atoms with Gasteiger partial charge < -0.3 is 15.0 Å². The Labute approximate surface area is 154 Å². The lowest BCUT2D eigenvalue weighted by molar-refractivity contribution is -0.274. The van der Waals surface area contributed by atoms with Crippen LogP contribution in [0, 0.1) is 0 Å². The van der Waals surface area contributed by atoms with Gasteiger partial charge in [-0.05, 0) is 31.5 Å². The molecule has 0 aliphatic carbocycles. The van der Waals surface area contributed by atoms with Crippen LogP contribution in [0.25, 0.3) is 0 Å². The Bertz CT molecular complexity index is 804. The van der Waals surface area contributed by atoms with Crippen LogP contribution in [-0.4, -0.2) is 39.2 Å². The molecular weight excluding hydrogens is 361 g/mol. The van der Waals surface area contributed by atoms with Gasteiger partial charge in [-0.15, -0.1) is 13.2 Å². The van der Waals surface area contributed by atoms with Gasteiger partial charge in [0, 0.05) is 25.6 Å². The summed E-state index contributed by atoms with van der Waals surface area (Å²) in [6.45, 7) is 4.52. The lowest BCUT2D eigenvalue weighted by atomic mass is 10.0. The second-order valence-corrected chi connectivity index (χ2v) is 6.81. The molecule has 0 bridgehead atoms. The topological polar surface area (TPSA) is 70.2 Å². The number of carbonyl (C=O) groups is 1. The Hall–Kier alpha value is -2.55. The number of ether oxygens (including phenoxy) is 1. The molecule has 2 aromatic rings. The van der Waals surface area contributed by atoms with E-state index in [-0.39, 0.29) is 17.7 Å². The van der Waals surface area contributed by atoms with Gasteiger partial charge in [0.2, 0.25) is 5.91 Å². The van der Waals surface area contributed by atoms with Crippen LogP contribution < -0.4 is 10.1 Å². The summed E-state index contributed by atoms with van der Waals surface area (Å²) in [6.07, 6.45) is -2.71. The maximum atomic E-state index is 12.6. The van der Waals surface area contributed by atoms with Gasteiger partial charge in [-0.1, -0.05) is 12.1 Å². The Morgan fingerprint density at radius 1 is 1.44 bits per heavy atom. The van der Waals surface area contributed by atoms with E-state index in [0.717, 1.165) is 11.4 Å². The highest BCUT2D eigenvalue weighted by atomic mass is 19.4. The van der Waals surface area contributed by atoms with Crippen molar-refractivity contribution in [3.63, 3.8) is 0 Å². The maximum Gasteiger partial charge on any atom is 0.573 e. The molecule has 1 aliphatic rings. The van der Waals surface area contributed by atoms with Crippen molar-refractivity contribution >= 4 is 5.91 Å². The van der Waals surface area contributed by atoms with Gasteiger partial charge in [0.05, 0.1) is 23.8 Å². The predicted octanol–water partition coefficient (Wildman–Crippen LogP) is 2.76. The van der Waals surface area contributed by atoms with E-state index >= 15 is 0 Å². The lowest BCUT2D eigenvalue weighted by Crippen LogP contribution is -2.51. The molecule has 9 heteroatoms. The molecule has 0 unspecified atom stereocenters. The van der Waals surface area contributed by atoms with Crippen molar-refractivity contribution in [3.05, 3.63) is 47.5 Å². The van der Waals surface area contributed by atoms with E-state index < -0.39 is 12.4 Å². The Kier molecular flexibility index (Phi) is 5.41. The molecule has 3 rings (SSSR count). The first kappa shape index (κ1) is 19.2. The van der Waals surface area contributed by atoms with Crippen molar-refractivity contribution in [2.24, 2.45) is 0 Å². The molecule has 0 saturated carbocycles. The number of H-pyrrole nitrogens is 1. The first-order valence-electron chi connectivity index (χ1n) is 8.61. The quantitative estimate of drug-likeness (QED) is 0.834. The zero-order chi connectivity index (χ0) is 19.6. The summed E-state index contributed by atoms with van der Waals surface area (Å²) in [5.41, 5.74) is 2.37. The van der Waals surface area contributed by atoms with Crippen molar-refractivity contribution in [3.8, 4) is 5.75 Å². The molecule has 0 radical (unpaired) electrons. The maximum absolute atomic E-state index is 12.6. The number of hydrogen-bond donors (Lipinski definition) is 2. The number of imidazole rings is 1. The predicted molar refractivity (Wildman–Crippen MR) is 91.7 cm³/mol. The number of amides is 1. The lowest BCUT2D eigenvalue weighted by Gasteiger charge is -2.34. The van der Waals surface area contributed by atoms with Crippen LogP contribution in [0.3, 0.4) is 0 Å². The van der Waals surface area contributed by atoms with E-state index in [1.54, 1.807) is 12.4 Å². The molecule has 0 spiro atoms. The molecule has 2 N–H and O–H groups in total. The van der Waals surface area contributed by atoms with E-state index in [2.05, 4.69) is 20.0 Å². The molecule has 0 saturated heterocycles. The number of benzene rings is 1. The minimum Gasteiger partial charge on any atom is -0.406 e. The molecule has 27 heavy (non-hydrogen) atoms. The third-order valence-electron chi connectivity index (χ3n) is 4.25.